The molecule has 0 spiro atoms. The van der Waals surface area contributed by atoms with Gasteiger partial charge < -0.3 is 14.4 Å². The predicted molar refractivity (Wildman–Crippen MR) is 113 cm³/mol. The smallest absolute Gasteiger partial charge is 0.276 e. The van der Waals surface area contributed by atoms with Crippen molar-refractivity contribution in [2.24, 2.45) is 11.8 Å². The van der Waals surface area contributed by atoms with Crippen LogP contribution in [0.5, 0.6) is 11.6 Å². The van der Waals surface area contributed by atoms with Crippen molar-refractivity contribution in [2.75, 3.05) is 19.8 Å². The van der Waals surface area contributed by atoms with Gasteiger partial charge in [-0.05, 0) is 79.1 Å². The van der Waals surface area contributed by atoms with Gasteiger partial charge in [0.05, 0.1) is 13.2 Å². The molecule has 3 aliphatic rings. The topological polar surface area (TPSA) is 64.5 Å². The summed E-state index contributed by atoms with van der Waals surface area (Å²) in [5.41, 5.74) is 1.26. The Morgan fingerprint density at radius 2 is 2.10 bits per heavy atom. The summed E-state index contributed by atoms with van der Waals surface area (Å²) >= 11 is 3.39. The van der Waals surface area contributed by atoms with Crippen molar-refractivity contribution in [2.45, 2.75) is 39.2 Å². The van der Waals surface area contributed by atoms with Gasteiger partial charge in [-0.3, -0.25) is 4.79 Å². The Kier molecular flexibility index (Phi) is 6.04. The van der Waals surface area contributed by atoms with Crippen LogP contribution >= 0.6 is 15.9 Å². The van der Waals surface area contributed by atoms with Crippen LogP contribution in [0.4, 0.5) is 0 Å². The average molecular weight is 460 g/mol. The van der Waals surface area contributed by atoms with E-state index in [1.54, 1.807) is 6.20 Å². The number of rotatable bonds is 6. The van der Waals surface area contributed by atoms with Gasteiger partial charge in [-0.2, -0.15) is 0 Å². The van der Waals surface area contributed by atoms with Crippen LogP contribution in [0.1, 0.15) is 42.4 Å². The van der Waals surface area contributed by atoms with Crippen LogP contribution < -0.4 is 9.47 Å². The molecule has 3 atom stereocenters. The molecule has 2 aliphatic heterocycles. The number of halogens is 1. The highest BCUT2D eigenvalue weighted by Gasteiger charge is 2.43. The van der Waals surface area contributed by atoms with Crippen LogP contribution in [-0.2, 0) is 0 Å². The van der Waals surface area contributed by atoms with Crippen LogP contribution in [0, 0.1) is 18.8 Å². The van der Waals surface area contributed by atoms with E-state index in [1.807, 2.05) is 43.0 Å². The number of hydrogen-bond donors (Lipinski definition) is 0. The number of nitrogens with zero attached hydrogens (tertiary/aromatic N) is 3. The SMILES string of the molecule is CCOc1ccc(C)nc1C(=O)N1CC2CCC1CC2COc1ccc(Br)cn1. The molecule has 4 heterocycles. The number of amides is 1. The second-order valence-corrected chi connectivity index (χ2v) is 8.72. The predicted octanol–water partition coefficient (Wildman–Crippen LogP) is 4.27. The number of aromatic nitrogens is 2. The first kappa shape index (κ1) is 20.1. The second kappa shape index (κ2) is 8.69. The highest BCUT2D eigenvalue weighted by atomic mass is 79.9. The maximum absolute atomic E-state index is 13.3. The van der Waals surface area contributed by atoms with Gasteiger partial charge in [0.2, 0.25) is 5.88 Å². The van der Waals surface area contributed by atoms with E-state index >= 15 is 0 Å². The second-order valence-electron chi connectivity index (χ2n) is 7.80. The molecule has 6 nitrogen and oxygen atoms in total. The first-order valence-corrected chi connectivity index (χ1v) is 11.0. The van der Waals surface area contributed by atoms with Crippen LogP contribution in [0.2, 0.25) is 0 Å². The molecule has 3 fully saturated rings. The molecule has 2 saturated heterocycles. The fraction of sp³-hybridized carbons (Fsp3) is 0.500. The third kappa shape index (κ3) is 4.39. The standard InChI is InChI=1S/C22H26BrN3O3/c1-3-28-19-8-4-14(2)25-21(19)22(27)26-12-15-5-7-18(26)10-16(15)13-29-20-9-6-17(23)11-24-20/h4,6,8-9,11,15-16,18H,3,5,7,10,12-13H2,1-2H3. The summed E-state index contributed by atoms with van der Waals surface area (Å²) in [5, 5.41) is 0. The Morgan fingerprint density at radius 3 is 2.79 bits per heavy atom. The molecule has 2 aromatic heterocycles. The minimum atomic E-state index is -0.0132. The van der Waals surface area contributed by atoms with Crippen LogP contribution in [0.3, 0.4) is 0 Å². The molecule has 1 saturated carbocycles. The molecule has 0 aromatic carbocycles. The zero-order valence-corrected chi connectivity index (χ0v) is 18.4. The number of ether oxygens (including phenoxy) is 2. The molecule has 7 heteroatoms. The van der Waals surface area contributed by atoms with E-state index in [1.165, 1.54) is 0 Å². The number of piperidine rings is 2. The number of aryl methyl sites for hydroxylation is 1. The van der Waals surface area contributed by atoms with Gasteiger partial charge in [-0.15, -0.1) is 0 Å². The quantitative estimate of drug-likeness (QED) is 0.645. The van der Waals surface area contributed by atoms with E-state index in [9.17, 15) is 4.79 Å². The van der Waals surface area contributed by atoms with E-state index < -0.39 is 0 Å². The monoisotopic (exact) mass is 459 g/mol. The maximum Gasteiger partial charge on any atom is 0.276 e. The zero-order valence-electron chi connectivity index (χ0n) is 16.8. The minimum Gasteiger partial charge on any atom is -0.491 e. The fourth-order valence-electron chi connectivity index (χ4n) is 4.43. The summed E-state index contributed by atoms with van der Waals surface area (Å²) in [5.74, 6) is 2.10. The lowest BCUT2D eigenvalue weighted by atomic mass is 9.72. The number of fused-ring (bicyclic) bond motifs is 3. The van der Waals surface area contributed by atoms with Crippen molar-refractivity contribution < 1.29 is 14.3 Å². The van der Waals surface area contributed by atoms with E-state index in [0.29, 0.717) is 42.4 Å². The minimum absolute atomic E-state index is 0.0132. The Bertz CT molecular complexity index is 874. The first-order valence-electron chi connectivity index (χ1n) is 10.2. The summed E-state index contributed by atoms with van der Waals surface area (Å²) < 4.78 is 12.5. The molecule has 29 heavy (non-hydrogen) atoms. The van der Waals surface area contributed by atoms with E-state index in [-0.39, 0.29) is 11.9 Å². The molecule has 0 radical (unpaired) electrons. The molecule has 3 unspecified atom stereocenters. The number of carbonyl (C=O) groups excluding carboxylic acids is 1. The summed E-state index contributed by atoms with van der Waals surface area (Å²) in [4.78, 5) is 24.1. The van der Waals surface area contributed by atoms with E-state index in [4.69, 9.17) is 9.47 Å². The third-order valence-corrected chi connectivity index (χ3v) is 6.36. The number of pyridine rings is 2. The summed E-state index contributed by atoms with van der Waals surface area (Å²) in [6, 6.07) is 7.77. The van der Waals surface area contributed by atoms with Gasteiger partial charge >= 0.3 is 0 Å². The van der Waals surface area contributed by atoms with Crippen molar-refractivity contribution in [1.82, 2.24) is 14.9 Å². The fourth-order valence-corrected chi connectivity index (χ4v) is 4.66. The van der Waals surface area contributed by atoms with Gasteiger partial charge in [0, 0.05) is 35.0 Å². The van der Waals surface area contributed by atoms with Crippen LogP contribution in [0.15, 0.2) is 34.9 Å². The summed E-state index contributed by atoms with van der Waals surface area (Å²) in [6.45, 7) is 5.73. The lowest BCUT2D eigenvalue weighted by Gasteiger charge is -2.49. The van der Waals surface area contributed by atoms with E-state index in [2.05, 4.69) is 25.9 Å². The largest absolute Gasteiger partial charge is 0.491 e. The molecule has 2 aromatic rings. The summed E-state index contributed by atoms with van der Waals surface area (Å²) in [6.07, 6.45) is 4.88. The maximum atomic E-state index is 13.3. The number of hydrogen-bond acceptors (Lipinski definition) is 5. The Hall–Kier alpha value is -2.15. The summed E-state index contributed by atoms with van der Waals surface area (Å²) in [7, 11) is 0. The van der Waals surface area contributed by atoms with Crippen molar-refractivity contribution in [3.8, 4) is 11.6 Å². The Morgan fingerprint density at radius 1 is 1.24 bits per heavy atom. The van der Waals surface area contributed by atoms with Crippen molar-refractivity contribution >= 4 is 21.8 Å². The number of carbonyl (C=O) groups is 1. The van der Waals surface area contributed by atoms with Crippen molar-refractivity contribution in [3.63, 3.8) is 0 Å². The van der Waals surface area contributed by atoms with Crippen molar-refractivity contribution in [3.05, 3.63) is 46.3 Å². The molecular formula is C22H26BrN3O3. The van der Waals surface area contributed by atoms with Gasteiger partial charge in [0.15, 0.2) is 11.4 Å². The highest BCUT2D eigenvalue weighted by Crippen LogP contribution is 2.40. The van der Waals surface area contributed by atoms with Gasteiger partial charge in [-0.25, -0.2) is 9.97 Å². The van der Waals surface area contributed by atoms with Crippen LogP contribution in [-0.4, -0.2) is 46.6 Å². The zero-order chi connectivity index (χ0) is 20.4. The Labute approximate surface area is 179 Å². The normalized spacial score (nSPS) is 23.1. The molecule has 1 amide bonds. The van der Waals surface area contributed by atoms with E-state index in [0.717, 1.165) is 36.0 Å². The third-order valence-electron chi connectivity index (χ3n) is 5.89. The average Bonchev–Trinajstić information content (AvgIpc) is 2.74. The van der Waals surface area contributed by atoms with Gasteiger partial charge in [0.25, 0.3) is 5.91 Å². The molecule has 1 aliphatic carbocycles. The lowest BCUT2D eigenvalue weighted by molar-refractivity contribution is -0.00527. The molecule has 5 rings (SSSR count). The molecular weight excluding hydrogens is 434 g/mol. The van der Waals surface area contributed by atoms with Gasteiger partial charge in [0.1, 0.15) is 0 Å². The molecule has 154 valence electrons. The van der Waals surface area contributed by atoms with Crippen LogP contribution in [0.25, 0.3) is 0 Å². The van der Waals surface area contributed by atoms with Gasteiger partial charge in [-0.1, -0.05) is 0 Å². The Balaban J connectivity index is 1.43. The lowest BCUT2D eigenvalue weighted by Crippen LogP contribution is -2.55. The molecule has 2 bridgehead atoms. The molecule has 0 N–H and O–H groups in total. The highest BCUT2D eigenvalue weighted by molar-refractivity contribution is 9.10. The first-order chi connectivity index (χ1) is 14.0. The van der Waals surface area contributed by atoms with Crippen molar-refractivity contribution in [1.29, 1.82) is 0 Å².